The first kappa shape index (κ1) is 25.5. The number of rotatable bonds is 7. The van der Waals surface area contributed by atoms with Crippen molar-refractivity contribution in [3.05, 3.63) is 53.6 Å². The summed E-state index contributed by atoms with van der Waals surface area (Å²) in [6.07, 6.45) is 3.59. The molecule has 0 saturated carbocycles. The van der Waals surface area contributed by atoms with Gasteiger partial charge in [0, 0.05) is 24.2 Å². The van der Waals surface area contributed by atoms with Crippen molar-refractivity contribution in [1.82, 2.24) is 15.2 Å². The van der Waals surface area contributed by atoms with Crippen molar-refractivity contribution in [3.8, 4) is 11.5 Å². The lowest BCUT2D eigenvalue weighted by Gasteiger charge is -2.20. The average Bonchev–Trinajstić information content (AvgIpc) is 3.12. The van der Waals surface area contributed by atoms with Crippen LogP contribution >= 0.6 is 0 Å². The lowest BCUT2D eigenvalue weighted by Crippen LogP contribution is -2.41. The summed E-state index contributed by atoms with van der Waals surface area (Å²) in [6, 6.07) is 10.5. The molecule has 0 spiro atoms. The van der Waals surface area contributed by atoms with Crippen LogP contribution in [0.15, 0.2) is 47.4 Å². The van der Waals surface area contributed by atoms with E-state index in [4.69, 9.17) is 9.47 Å². The number of benzene rings is 2. The Morgan fingerprint density at radius 3 is 2.09 bits per heavy atom. The number of ether oxygens (including phenoxy) is 2. The normalized spacial score (nSPS) is 14.8. The zero-order valence-electron chi connectivity index (χ0n) is 19.7. The molecular weight excluding hydrogens is 458 g/mol. The van der Waals surface area contributed by atoms with E-state index in [0.717, 1.165) is 25.7 Å². The topological polar surface area (TPSA) is 114 Å². The van der Waals surface area contributed by atoms with Crippen molar-refractivity contribution in [2.24, 2.45) is 0 Å². The van der Waals surface area contributed by atoms with Crippen molar-refractivity contribution in [3.63, 3.8) is 0 Å². The van der Waals surface area contributed by atoms with Crippen LogP contribution in [0.2, 0.25) is 0 Å². The molecule has 3 rings (SSSR count). The Hall–Kier alpha value is -3.11. The molecule has 1 aliphatic rings. The summed E-state index contributed by atoms with van der Waals surface area (Å²) in [6.45, 7) is 4.70. The van der Waals surface area contributed by atoms with Gasteiger partial charge in [-0.15, -0.1) is 0 Å². The van der Waals surface area contributed by atoms with E-state index in [-0.39, 0.29) is 22.1 Å². The summed E-state index contributed by atoms with van der Waals surface area (Å²) in [5.74, 6) is -0.302. The highest BCUT2D eigenvalue weighted by Crippen LogP contribution is 2.29. The fraction of sp³-hybridized carbons (Fsp3) is 0.417. The molecule has 2 N–H and O–H groups in total. The van der Waals surface area contributed by atoms with E-state index < -0.39 is 21.8 Å². The summed E-state index contributed by atoms with van der Waals surface area (Å²) in [5, 5.41) is 0. The molecule has 2 aromatic carbocycles. The number of carbonyl (C=O) groups is 2. The second kappa shape index (κ2) is 11.3. The van der Waals surface area contributed by atoms with Crippen LogP contribution < -0.4 is 20.3 Å². The fourth-order valence-electron chi connectivity index (χ4n) is 3.65. The number of methoxy groups -OCH3 is 1. The third kappa shape index (κ3) is 6.27. The lowest BCUT2D eigenvalue weighted by atomic mass is 10.2. The molecule has 9 nitrogen and oxygen atoms in total. The van der Waals surface area contributed by atoms with E-state index in [1.54, 1.807) is 12.1 Å². The number of hydrogen-bond donors (Lipinski definition) is 2. The van der Waals surface area contributed by atoms with Gasteiger partial charge >= 0.3 is 0 Å². The zero-order valence-corrected chi connectivity index (χ0v) is 20.5. The Labute approximate surface area is 200 Å². The molecule has 34 heavy (non-hydrogen) atoms. The highest BCUT2D eigenvalue weighted by atomic mass is 32.2. The fourth-order valence-corrected chi connectivity index (χ4v) is 5.21. The minimum atomic E-state index is -3.70. The standard InChI is InChI=1S/C24H31N3O6S/c1-17(2)33-21-12-11-19(16-22(21)32-3)24(29)26-25-23(28)18-9-8-10-20(15-18)34(30,31)27-13-6-4-5-7-14-27/h8-12,15-17H,4-7,13-14H2,1-3H3,(H,25,28)(H,26,29). The lowest BCUT2D eigenvalue weighted by molar-refractivity contribution is 0.0846. The summed E-state index contributed by atoms with van der Waals surface area (Å²) in [7, 11) is -2.23. The monoisotopic (exact) mass is 489 g/mol. The third-order valence-electron chi connectivity index (χ3n) is 5.38. The van der Waals surface area contributed by atoms with Crippen LogP contribution in [0.25, 0.3) is 0 Å². The molecule has 1 heterocycles. The molecule has 10 heteroatoms. The van der Waals surface area contributed by atoms with Gasteiger partial charge in [0.15, 0.2) is 11.5 Å². The summed E-state index contributed by atoms with van der Waals surface area (Å²) in [5.41, 5.74) is 5.05. The number of nitrogens with one attached hydrogen (secondary N) is 2. The summed E-state index contributed by atoms with van der Waals surface area (Å²) in [4.78, 5) is 25.2. The number of sulfonamides is 1. The molecule has 0 unspecified atom stereocenters. The molecule has 0 radical (unpaired) electrons. The average molecular weight is 490 g/mol. The Kier molecular flexibility index (Phi) is 8.51. The van der Waals surface area contributed by atoms with Crippen LogP contribution in [0.1, 0.15) is 60.2 Å². The number of nitrogens with zero attached hydrogens (tertiary/aromatic N) is 1. The van der Waals surface area contributed by atoms with E-state index in [1.165, 1.54) is 41.7 Å². The molecule has 2 aromatic rings. The maximum Gasteiger partial charge on any atom is 0.269 e. The maximum atomic E-state index is 13.0. The molecule has 2 amide bonds. The van der Waals surface area contributed by atoms with Crippen molar-refractivity contribution in [1.29, 1.82) is 0 Å². The van der Waals surface area contributed by atoms with Gasteiger partial charge in [-0.25, -0.2) is 8.42 Å². The van der Waals surface area contributed by atoms with Crippen LogP contribution in [0, 0.1) is 0 Å². The maximum absolute atomic E-state index is 13.0. The van der Waals surface area contributed by atoms with Gasteiger partial charge < -0.3 is 9.47 Å². The van der Waals surface area contributed by atoms with Gasteiger partial charge in [-0.2, -0.15) is 4.31 Å². The van der Waals surface area contributed by atoms with E-state index in [1.807, 2.05) is 13.8 Å². The predicted octanol–water partition coefficient (Wildman–Crippen LogP) is 3.12. The first-order valence-corrected chi connectivity index (χ1v) is 12.7. The van der Waals surface area contributed by atoms with E-state index in [9.17, 15) is 18.0 Å². The summed E-state index contributed by atoms with van der Waals surface area (Å²) >= 11 is 0. The van der Waals surface area contributed by atoms with Crippen LogP contribution in [-0.4, -0.2) is 50.8 Å². The van der Waals surface area contributed by atoms with Gasteiger partial charge in [0.25, 0.3) is 11.8 Å². The van der Waals surface area contributed by atoms with Gasteiger partial charge in [0.05, 0.1) is 18.1 Å². The molecule has 184 valence electrons. The first-order chi connectivity index (χ1) is 16.2. The molecule has 0 aromatic heterocycles. The number of amides is 2. The number of carbonyl (C=O) groups excluding carboxylic acids is 2. The smallest absolute Gasteiger partial charge is 0.269 e. The Morgan fingerprint density at radius 1 is 0.882 bits per heavy atom. The minimum absolute atomic E-state index is 0.0545. The van der Waals surface area contributed by atoms with Gasteiger partial charge in [0.2, 0.25) is 10.0 Å². The molecule has 0 bridgehead atoms. The van der Waals surface area contributed by atoms with Crippen LogP contribution in [0.5, 0.6) is 11.5 Å². The van der Waals surface area contributed by atoms with Crippen molar-refractivity contribution in [2.75, 3.05) is 20.2 Å². The van der Waals surface area contributed by atoms with E-state index in [2.05, 4.69) is 10.9 Å². The second-order valence-electron chi connectivity index (χ2n) is 8.29. The molecule has 1 aliphatic heterocycles. The van der Waals surface area contributed by atoms with Gasteiger partial charge in [-0.3, -0.25) is 20.4 Å². The quantitative estimate of drug-likeness (QED) is 0.578. The van der Waals surface area contributed by atoms with Crippen LogP contribution in [0.3, 0.4) is 0 Å². The van der Waals surface area contributed by atoms with E-state index >= 15 is 0 Å². The minimum Gasteiger partial charge on any atom is -0.493 e. The SMILES string of the molecule is COc1cc(C(=O)NNC(=O)c2cccc(S(=O)(=O)N3CCCCCC3)c2)ccc1OC(C)C. The molecule has 0 aliphatic carbocycles. The molecule has 0 atom stereocenters. The largest absolute Gasteiger partial charge is 0.493 e. The predicted molar refractivity (Wildman–Crippen MR) is 127 cm³/mol. The second-order valence-corrected chi connectivity index (χ2v) is 10.2. The van der Waals surface area contributed by atoms with Crippen molar-refractivity contribution in [2.45, 2.75) is 50.5 Å². The Balaban J connectivity index is 1.68. The Morgan fingerprint density at radius 2 is 1.50 bits per heavy atom. The third-order valence-corrected chi connectivity index (χ3v) is 7.27. The van der Waals surface area contributed by atoms with Gasteiger partial charge in [0.1, 0.15) is 0 Å². The van der Waals surface area contributed by atoms with Crippen LogP contribution in [0.4, 0.5) is 0 Å². The number of hydrazine groups is 1. The molecular formula is C24H31N3O6S. The van der Waals surface area contributed by atoms with E-state index in [0.29, 0.717) is 24.6 Å². The van der Waals surface area contributed by atoms with Gasteiger partial charge in [-0.1, -0.05) is 18.9 Å². The zero-order chi connectivity index (χ0) is 24.7. The van der Waals surface area contributed by atoms with Crippen molar-refractivity contribution < 1.29 is 27.5 Å². The highest BCUT2D eigenvalue weighted by molar-refractivity contribution is 7.89. The van der Waals surface area contributed by atoms with Crippen LogP contribution in [-0.2, 0) is 10.0 Å². The molecule has 1 saturated heterocycles. The van der Waals surface area contributed by atoms with Gasteiger partial charge in [-0.05, 0) is 63.1 Å². The van der Waals surface area contributed by atoms with Crippen molar-refractivity contribution >= 4 is 21.8 Å². The summed E-state index contributed by atoms with van der Waals surface area (Å²) < 4.78 is 38.4. The number of hydrogen-bond acceptors (Lipinski definition) is 6. The first-order valence-electron chi connectivity index (χ1n) is 11.3. The Bertz CT molecular complexity index is 1130. The highest BCUT2D eigenvalue weighted by Gasteiger charge is 2.26. The molecule has 1 fully saturated rings.